The molecular weight excluding hydrogens is 412 g/mol. The van der Waals surface area contributed by atoms with E-state index in [0.29, 0.717) is 36.9 Å². The van der Waals surface area contributed by atoms with Crippen LogP contribution in [0, 0.1) is 0 Å². The zero-order valence-corrected chi connectivity index (χ0v) is 17.2. The van der Waals surface area contributed by atoms with E-state index in [9.17, 15) is 9.59 Å². The molecule has 1 aliphatic heterocycles. The normalized spacial score (nSPS) is 14.8. The van der Waals surface area contributed by atoms with Crippen molar-refractivity contribution in [2.75, 3.05) is 33.4 Å². The van der Waals surface area contributed by atoms with Crippen LogP contribution in [-0.4, -0.2) is 59.3 Å². The molecule has 0 aliphatic carbocycles. The third kappa shape index (κ3) is 4.29. The first-order valence-electron chi connectivity index (χ1n) is 8.90. The predicted molar refractivity (Wildman–Crippen MR) is 109 cm³/mol. The molecule has 1 aromatic carbocycles. The fourth-order valence-corrected chi connectivity index (χ4v) is 4.23. The average Bonchev–Trinajstić information content (AvgIpc) is 3.44. The van der Waals surface area contributed by atoms with E-state index in [-0.39, 0.29) is 22.2 Å². The van der Waals surface area contributed by atoms with Crippen molar-refractivity contribution in [2.24, 2.45) is 4.99 Å². The minimum absolute atomic E-state index is 0.164. The first kappa shape index (κ1) is 19.5. The molecule has 2 amide bonds. The fourth-order valence-electron chi connectivity index (χ4n) is 2.77. The maximum atomic E-state index is 13.0. The minimum atomic E-state index is -0.387. The third-order valence-corrected chi connectivity index (χ3v) is 6.08. The van der Waals surface area contributed by atoms with Crippen LogP contribution in [0.25, 0.3) is 5.69 Å². The van der Waals surface area contributed by atoms with Gasteiger partial charge >= 0.3 is 0 Å². The van der Waals surface area contributed by atoms with E-state index >= 15 is 0 Å². The number of morpholine rings is 1. The number of carbonyl (C=O) groups excluding carboxylic acids is 2. The van der Waals surface area contributed by atoms with Gasteiger partial charge in [0.2, 0.25) is 0 Å². The van der Waals surface area contributed by atoms with Gasteiger partial charge in [0.1, 0.15) is 5.75 Å². The average molecular weight is 431 g/mol. The maximum Gasteiger partial charge on any atom is 0.288 e. The molecule has 8 nitrogen and oxygen atoms in total. The number of hydrogen-bond donors (Lipinski definition) is 0. The second-order valence-corrected chi connectivity index (χ2v) is 7.98. The van der Waals surface area contributed by atoms with E-state index in [1.54, 1.807) is 40.3 Å². The number of nitrogens with zero attached hydrogens (tertiary/aromatic N) is 4. The predicted octanol–water partition coefficient (Wildman–Crippen LogP) is 2.22. The molecule has 1 aliphatic rings. The Balaban J connectivity index is 1.75. The zero-order valence-electron chi connectivity index (χ0n) is 15.6. The summed E-state index contributed by atoms with van der Waals surface area (Å²) in [6, 6.07) is 10.8. The second kappa shape index (κ2) is 8.68. The van der Waals surface area contributed by atoms with Crippen molar-refractivity contribution in [2.45, 2.75) is 0 Å². The summed E-state index contributed by atoms with van der Waals surface area (Å²) in [5, 5.41) is 6.28. The molecule has 1 fully saturated rings. The van der Waals surface area contributed by atoms with Gasteiger partial charge in [0.15, 0.2) is 10.4 Å². The number of amides is 2. The summed E-state index contributed by atoms with van der Waals surface area (Å²) < 4.78 is 12.4. The van der Waals surface area contributed by atoms with Crippen LogP contribution in [-0.2, 0) is 4.74 Å². The van der Waals surface area contributed by atoms with Gasteiger partial charge in [-0.1, -0.05) is 6.07 Å². The number of methoxy groups -OCH3 is 1. The highest BCUT2D eigenvalue weighted by Crippen LogP contribution is 2.16. The van der Waals surface area contributed by atoms with E-state index in [2.05, 4.69) is 10.1 Å². The molecule has 0 bridgehead atoms. The summed E-state index contributed by atoms with van der Waals surface area (Å²) >= 11 is 2.46. The number of aromatic nitrogens is 2. The number of benzene rings is 1. The van der Waals surface area contributed by atoms with Crippen molar-refractivity contribution in [3.05, 3.63) is 57.0 Å². The van der Waals surface area contributed by atoms with Gasteiger partial charge in [0.25, 0.3) is 11.8 Å². The Bertz CT molecular complexity index is 1060. The molecule has 3 aromatic rings. The monoisotopic (exact) mass is 430 g/mol. The molecule has 4 rings (SSSR count). The van der Waals surface area contributed by atoms with E-state index in [1.807, 2.05) is 17.5 Å². The van der Waals surface area contributed by atoms with Crippen LogP contribution < -0.4 is 9.41 Å². The van der Waals surface area contributed by atoms with Crippen molar-refractivity contribution in [3.63, 3.8) is 0 Å². The molecular formula is C19H18N4O4S2. The quantitative estimate of drug-likeness (QED) is 0.634. The number of ether oxygens (including phenoxy) is 2. The van der Waals surface area contributed by atoms with Crippen LogP contribution in [0.15, 0.2) is 46.8 Å². The summed E-state index contributed by atoms with van der Waals surface area (Å²) in [5.74, 6) is 0.0735. The van der Waals surface area contributed by atoms with Crippen LogP contribution in [0.5, 0.6) is 5.75 Å². The molecule has 0 atom stereocenters. The molecule has 29 heavy (non-hydrogen) atoms. The van der Waals surface area contributed by atoms with E-state index in [0.717, 1.165) is 17.2 Å². The van der Waals surface area contributed by atoms with Crippen LogP contribution >= 0.6 is 22.9 Å². The molecule has 2 aromatic heterocycles. The van der Waals surface area contributed by atoms with Gasteiger partial charge in [-0.05, 0) is 47.2 Å². The molecule has 10 heteroatoms. The van der Waals surface area contributed by atoms with Gasteiger partial charge in [-0.3, -0.25) is 9.59 Å². The first-order valence-corrected chi connectivity index (χ1v) is 10.6. The topological polar surface area (TPSA) is 86.0 Å². The lowest BCUT2D eigenvalue weighted by atomic mass is 10.3. The summed E-state index contributed by atoms with van der Waals surface area (Å²) in [6.45, 7) is 1.93. The maximum absolute atomic E-state index is 13.0. The number of carbonyl (C=O) groups is 2. The third-order valence-electron chi connectivity index (χ3n) is 4.30. The highest BCUT2D eigenvalue weighted by atomic mass is 32.1. The molecule has 0 spiro atoms. The smallest absolute Gasteiger partial charge is 0.288 e. The van der Waals surface area contributed by atoms with Crippen LogP contribution in [0.3, 0.4) is 0 Å². The van der Waals surface area contributed by atoms with Crippen molar-refractivity contribution >= 4 is 34.7 Å². The van der Waals surface area contributed by atoms with Gasteiger partial charge < -0.3 is 14.4 Å². The molecule has 1 saturated heterocycles. The Hall–Kier alpha value is -2.82. The van der Waals surface area contributed by atoms with E-state index < -0.39 is 0 Å². The highest BCUT2D eigenvalue weighted by Gasteiger charge is 2.24. The number of thiophene rings is 1. The van der Waals surface area contributed by atoms with E-state index in [1.165, 1.54) is 11.3 Å². The van der Waals surface area contributed by atoms with Crippen molar-refractivity contribution in [1.82, 2.24) is 14.1 Å². The molecule has 0 N–H and O–H groups in total. The lowest BCUT2D eigenvalue weighted by Crippen LogP contribution is -2.42. The molecule has 150 valence electrons. The zero-order chi connectivity index (χ0) is 20.2. The van der Waals surface area contributed by atoms with Crippen LogP contribution in [0.2, 0.25) is 0 Å². The SMILES string of the molecule is COc1ccc(-n2nc(C(=O)N3CCOCC3)c(=NC(=O)c3cccs3)s2)cc1. The largest absolute Gasteiger partial charge is 0.497 e. The minimum Gasteiger partial charge on any atom is -0.497 e. The Morgan fingerprint density at radius 1 is 1.17 bits per heavy atom. The van der Waals surface area contributed by atoms with Crippen molar-refractivity contribution in [1.29, 1.82) is 0 Å². The Morgan fingerprint density at radius 2 is 1.93 bits per heavy atom. The first-order chi connectivity index (χ1) is 14.2. The van der Waals surface area contributed by atoms with Gasteiger partial charge in [-0.15, -0.1) is 16.4 Å². The lowest BCUT2D eigenvalue weighted by molar-refractivity contribution is 0.0297. The van der Waals surface area contributed by atoms with Gasteiger partial charge in [0, 0.05) is 13.1 Å². The number of hydrogen-bond acceptors (Lipinski definition) is 7. The van der Waals surface area contributed by atoms with Gasteiger partial charge in [0.05, 0.1) is 30.9 Å². The molecule has 0 radical (unpaired) electrons. The van der Waals surface area contributed by atoms with Crippen molar-refractivity contribution in [3.8, 4) is 11.4 Å². The van der Waals surface area contributed by atoms with Crippen LogP contribution in [0.1, 0.15) is 20.2 Å². The van der Waals surface area contributed by atoms with Crippen molar-refractivity contribution < 1.29 is 19.1 Å². The Kier molecular flexibility index (Phi) is 5.84. The standard InChI is InChI=1S/C19H18N4O4S2/c1-26-14-6-4-13(5-7-14)23-21-16(19(25)22-8-10-27-11-9-22)18(29-23)20-17(24)15-3-2-12-28-15/h2-7,12H,8-11H2,1H3. The van der Waals surface area contributed by atoms with Gasteiger partial charge in [-0.25, -0.2) is 0 Å². The second-order valence-electron chi connectivity index (χ2n) is 6.11. The molecule has 3 heterocycles. The molecule has 0 unspecified atom stereocenters. The Labute approximate surface area is 174 Å². The van der Waals surface area contributed by atoms with Gasteiger partial charge in [-0.2, -0.15) is 9.06 Å². The number of rotatable bonds is 4. The fraction of sp³-hybridized carbons (Fsp3) is 0.263. The summed E-state index contributed by atoms with van der Waals surface area (Å²) in [7, 11) is 1.60. The highest BCUT2D eigenvalue weighted by molar-refractivity contribution is 7.12. The Morgan fingerprint density at radius 3 is 2.59 bits per heavy atom. The molecule has 0 saturated carbocycles. The van der Waals surface area contributed by atoms with E-state index in [4.69, 9.17) is 9.47 Å². The summed E-state index contributed by atoms with van der Waals surface area (Å²) in [5.41, 5.74) is 0.912. The summed E-state index contributed by atoms with van der Waals surface area (Å²) in [4.78, 5) is 31.9. The van der Waals surface area contributed by atoms with Crippen LogP contribution in [0.4, 0.5) is 0 Å². The summed E-state index contributed by atoms with van der Waals surface area (Å²) in [6.07, 6.45) is 0. The lowest BCUT2D eigenvalue weighted by Gasteiger charge is -2.25.